The number of hydrogen-bond acceptors (Lipinski definition) is 6. The van der Waals surface area contributed by atoms with E-state index in [1.807, 2.05) is 25.1 Å². The number of alkyl halides is 3. The van der Waals surface area contributed by atoms with Gasteiger partial charge in [-0.1, -0.05) is 12.1 Å². The van der Waals surface area contributed by atoms with Crippen molar-refractivity contribution in [2.45, 2.75) is 38.0 Å². The topological polar surface area (TPSA) is 119 Å². The Kier molecular flexibility index (Phi) is 5.80. The SMILES string of the molecule is C[C@@H](Nc1ncc(C#N)c(-c2c[nH]c3ncc(C(F)(F)F)cc23)n1)c1ccc(C(=O)NC2CC2)cc1. The molecule has 1 fully saturated rings. The van der Waals surface area contributed by atoms with E-state index in [9.17, 15) is 23.2 Å². The predicted octanol–water partition coefficient (Wildman–Crippen LogP) is 4.98. The molecule has 4 aromatic rings. The Morgan fingerprint density at radius 1 is 1.19 bits per heavy atom. The van der Waals surface area contributed by atoms with E-state index >= 15 is 0 Å². The van der Waals surface area contributed by atoms with Crippen LogP contribution in [0, 0.1) is 11.3 Å². The number of rotatable bonds is 6. The maximum atomic E-state index is 13.2. The summed E-state index contributed by atoms with van der Waals surface area (Å²) in [6.45, 7) is 1.88. The second-order valence-corrected chi connectivity index (χ2v) is 8.62. The lowest BCUT2D eigenvalue weighted by molar-refractivity contribution is -0.137. The minimum Gasteiger partial charge on any atom is -0.349 e. The van der Waals surface area contributed by atoms with Gasteiger partial charge in [0.25, 0.3) is 5.91 Å². The molecule has 1 atom stereocenters. The monoisotopic (exact) mass is 491 g/mol. The predicted molar refractivity (Wildman–Crippen MR) is 126 cm³/mol. The highest BCUT2D eigenvalue weighted by Gasteiger charge is 2.32. The molecule has 182 valence electrons. The van der Waals surface area contributed by atoms with Gasteiger partial charge >= 0.3 is 6.18 Å². The van der Waals surface area contributed by atoms with E-state index in [0.717, 1.165) is 30.7 Å². The Labute approximate surface area is 203 Å². The molecule has 0 aliphatic heterocycles. The van der Waals surface area contributed by atoms with E-state index in [1.165, 1.54) is 12.4 Å². The Morgan fingerprint density at radius 2 is 1.94 bits per heavy atom. The molecular formula is C25H20F3N7O. The zero-order valence-corrected chi connectivity index (χ0v) is 19.0. The van der Waals surface area contributed by atoms with Crippen molar-refractivity contribution in [3.05, 3.63) is 71.2 Å². The average Bonchev–Trinajstić information content (AvgIpc) is 3.58. The molecule has 8 nitrogen and oxygen atoms in total. The molecule has 36 heavy (non-hydrogen) atoms. The van der Waals surface area contributed by atoms with Gasteiger partial charge in [-0.15, -0.1) is 0 Å². The fourth-order valence-corrected chi connectivity index (χ4v) is 3.79. The Morgan fingerprint density at radius 3 is 2.61 bits per heavy atom. The van der Waals surface area contributed by atoms with Crippen molar-refractivity contribution in [2.24, 2.45) is 0 Å². The number of fused-ring (bicyclic) bond motifs is 1. The van der Waals surface area contributed by atoms with Crippen molar-refractivity contribution < 1.29 is 18.0 Å². The molecule has 0 unspecified atom stereocenters. The minimum absolute atomic E-state index is 0.105. The lowest BCUT2D eigenvalue weighted by Gasteiger charge is -2.15. The second kappa shape index (κ2) is 8.96. The first-order valence-corrected chi connectivity index (χ1v) is 11.2. The van der Waals surface area contributed by atoms with E-state index in [1.54, 1.807) is 12.1 Å². The number of nitrogens with one attached hydrogen (secondary N) is 3. The minimum atomic E-state index is -4.56. The number of benzene rings is 1. The summed E-state index contributed by atoms with van der Waals surface area (Å²) in [5, 5.41) is 15.8. The summed E-state index contributed by atoms with van der Waals surface area (Å²) >= 11 is 0. The van der Waals surface area contributed by atoms with Gasteiger partial charge < -0.3 is 15.6 Å². The summed E-state index contributed by atoms with van der Waals surface area (Å²) < 4.78 is 39.7. The van der Waals surface area contributed by atoms with Gasteiger partial charge in [0, 0.05) is 34.9 Å². The Bertz CT molecular complexity index is 1480. The van der Waals surface area contributed by atoms with Gasteiger partial charge in [0.1, 0.15) is 11.7 Å². The Hall–Kier alpha value is -4.46. The van der Waals surface area contributed by atoms with Gasteiger partial charge in [-0.3, -0.25) is 4.79 Å². The smallest absolute Gasteiger partial charge is 0.349 e. The molecule has 1 aromatic carbocycles. The van der Waals surface area contributed by atoms with Crippen LogP contribution in [0.1, 0.15) is 52.9 Å². The van der Waals surface area contributed by atoms with Crippen molar-refractivity contribution in [2.75, 3.05) is 5.32 Å². The molecule has 1 aliphatic carbocycles. The maximum Gasteiger partial charge on any atom is 0.417 e. The Balaban J connectivity index is 1.41. The number of halogens is 3. The van der Waals surface area contributed by atoms with Crippen molar-refractivity contribution in [3.8, 4) is 17.3 Å². The van der Waals surface area contributed by atoms with Gasteiger partial charge in [-0.2, -0.15) is 18.4 Å². The van der Waals surface area contributed by atoms with E-state index in [-0.39, 0.29) is 46.2 Å². The molecule has 1 aliphatic rings. The van der Waals surface area contributed by atoms with Gasteiger partial charge in [-0.05, 0) is 43.5 Å². The van der Waals surface area contributed by atoms with Crippen LogP contribution < -0.4 is 10.6 Å². The summed E-state index contributed by atoms with van der Waals surface area (Å²) in [5.74, 6) is 0.0907. The van der Waals surface area contributed by atoms with E-state index < -0.39 is 11.7 Å². The highest BCUT2D eigenvalue weighted by atomic mass is 19.4. The van der Waals surface area contributed by atoms with Crippen LogP contribution in [-0.2, 0) is 6.18 Å². The summed E-state index contributed by atoms with van der Waals surface area (Å²) in [6, 6.07) is 10.1. The number of pyridine rings is 1. The molecule has 1 saturated carbocycles. The number of amides is 1. The first-order chi connectivity index (χ1) is 17.2. The third-order valence-corrected chi connectivity index (χ3v) is 5.95. The van der Waals surface area contributed by atoms with Crippen molar-refractivity contribution in [1.29, 1.82) is 5.26 Å². The third-order valence-electron chi connectivity index (χ3n) is 5.95. The summed E-state index contributed by atoms with van der Waals surface area (Å²) in [7, 11) is 0. The fourth-order valence-electron chi connectivity index (χ4n) is 3.79. The van der Waals surface area contributed by atoms with Crippen LogP contribution in [0.4, 0.5) is 19.1 Å². The normalized spacial score (nSPS) is 14.3. The number of carbonyl (C=O) groups is 1. The maximum absolute atomic E-state index is 13.2. The van der Waals surface area contributed by atoms with Crippen LogP contribution in [0.2, 0.25) is 0 Å². The van der Waals surface area contributed by atoms with Gasteiger partial charge in [-0.25, -0.2) is 15.0 Å². The van der Waals surface area contributed by atoms with E-state index in [4.69, 9.17) is 0 Å². The van der Waals surface area contributed by atoms with Crippen LogP contribution >= 0.6 is 0 Å². The zero-order valence-electron chi connectivity index (χ0n) is 19.0. The van der Waals surface area contributed by atoms with Crippen LogP contribution in [0.25, 0.3) is 22.3 Å². The van der Waals surface area contributed by atoms with E-state index in [2.05, 4.69) is 30.6 Å². The van der Waals surface area contributed by atoms with Crippen molar-refractivity contribution >= 4 is 22.9 Å². The fraction of sp³-hybridized carbons (Fsp3) is 0.240. The summed E-state index contributed by atoms with van der Waals surface area (Å²) in [4.78, 5) is 27.5. The van der Waals surface area contributed by atoms with Crippen LogP contribution in [-0.4, -0.2) is 31.9 Å². The molecule has 3 N–H and O–H groups in total. The molecule has 11 heteroatoms. The molecule has 3 heterocycles. The first-order valence-electron chi connectivity index (χ1n) is 11.2. The standard InChI is InChI=1S/C25H20F3N7O/c1-13(14-2-4-15(5-3-14)23(36)34-18-6-7-18)33-24-32-10-16(9-29)21(35-24)20-12-31-22-19(20)8-17(11-30-22)25(26,27)28/h2-5,8,10-13,18H,6-7H2,1H3,(H,30,31)(H,34,36)(H,32,33,35)/t13-/m1/s1. The molecule has 0 spiro atoms. The first kappa shape index (κ1) is 23.3. The van der Waals surface area contributed by atoms with E-state index in [0.29, 0.717) is 11.1 Å². The average molecular weight is 491 g/mol. The number of aromatic nitrogens is 4. The summed E-state index contributed by atoms with van der Waals surface area (Å²) in [5.41, 5.74) is 1.39. The number of nitrogens with zero attached hydrogens (tertiary/aromatic N) is 4. The molecule has 3 aromatic heterocycles. The molecule has 5 rings (SSSR count). The van der Waals surface area contributed by atoms with Crippen LogP contribution in [0.5, 0.6) is 0 Å². The quantitative estimate of drug-likeness (QED) is 0.350. The van der Waals surface area contributed by atoms with Gasteiger partial charge in [0.2, 0.25) is 5.95 Å². The molecule has 0 bridgehead atoms. The number of aromatic amines is 1. The summed E-state index contributed by atoms with van der Waals surface area (Å²) in [6.07, 6.45) is 1.01. The van der Waals surface area contributed by atoms with Crippen molar-refractivity contribution in [1.82, 2.24) is 25.3 Å². The largest absolute Gasteiger partial charge is 0.417 e. The van der Waals surface area contributed by atoms with Crippen LogP contribution in [0.15, 0.2) is 48.9 Å². The van der Waals surface area contributed by atoms with Crippen molar-refractivity contribution in [3.63, 3.8) is 0 Å². The third kappa shape index (κ3) is 4.70. The molecule has 0 radical (unpaired) electrons. The highest BCUT2D eigenvalue weighted by Crippen LogP contribution is 2.35. The molecule has 0 saturated heterocycles. The molecular weight excluding hydrogens is 471 g/mol. The highest BCUT2D eigenvalue weighted by molar-refractivity contribution is 5.95. The zero-order chi connectivity index (χ0) is 25.4. The number of anilines is 1. The second-order valence-electron chi connectivity index (χ2n) is 8.62. The molecule has 1 amide bonds. The number of hydrogen-bond donors (Lipinski definition) is 3. The number of nitriles is 1. The number of H-pyrrole nitrogens is 1. The van der Waals surface area contributed by atoms with Gasteiger partial charge in [0.15, 0.2) is 0 Å². The van der Waals surface area contributed by atoms with Gasteiger partial charge in [0.05, 0.1) is 29.1 Å². The number of carbonyl (C=O) groups excluding carboxylic acids is 1. The van der Waals surface area contributed by atoms with Crippen LogP contribution in [0.3, 0.4) is 0 Å². The lowest BCUT2D eigenvalue weighted by atomic mass is 10.1. The lowest BCUT2D eigenvalue weighted by Crippen LogP contribution is -2.25.